The SMILES string of the molecule is NCCCC[C@H](NC(=O)[C@@H](N)CCCCN)C(=O)N[C@@H](CC(N)=O)C(=O)O. The van der Waals surface area contributed by atoms with Crippen molar-refractivity contribution in [2.45, 2.75) is 63.1 Å². The molecule has 11 nitrogen and oxygen atoms in total. The Balaban J connectivity index is 4.93. The van der Waals surface area contributed by atoms with Gasteiger partial charge in [-0.05, 0) is 45.2 Å². The molecule has 0 spiro atoms. The zero-order chi connectivity index (χ0) is 20.8. The molecule has 11 heteroatoms. The van der Waals surface area contributed by atoms with Crippen LogP contribution in [0.3, 0.4) is 0 Å². The van der Waals surface area contributed by atoms with E-state index in [4.69, 9.17) is 28.0 Å². The molecule has 27 heavy (non-hydrogen) atoms. The summed E-state index contributed by atoms with van der Waals surface area (Å²) in [7, 11) is 0. The monoisotopic (exact) mass is 388 g/mol. The maximum absolute atomic E-state index is 12.4. The number of unbranched alkanes of at least 4 members (excludes halogenated alkanes) is 2. The van der Waals surface area contributed by atoms with Crippen LogP contribution in [0.1, 0.15) is 44.9 Å². The first-order valence-electron chi connectivity index (χ1n) is 9.00. The highest BCUT2D eigenvalue weighted by atomic mass is 16.4. The lowest BCUT2D eigenvalue weighted by Crippen LogP contribution is -2.55. The minimum absolute atomic E-state index is 0.257. The Hall–Kier alpha value is -2.24. The summed E-state index contributed by atoms with van der Waals surface area (Å²) < 4.78 is 0. The van der Waals surface area contributed by atoms with Gasteiger partial charge in [0.2, 0.25) is 17.7 Å². The third-order valence-electron chi connectivity index (χ3n) is 3.91. The number of nitrogens with one attached hydrogen (secondary N) is 2. The van der Waals surface area contributed by atoms with Crippen LogP contribution in [-0.4, -0.2) is 60.0 Å². The summed E-state index contributed by atoms with van der Waals surface area (Å²) in [5.41, 5.74) is 21.6. The first-order chi connectivity index (χ1) is 12.7. The predicted octanol–water partition coefficient (Wildman–Crippen LogP) is -2.50. The molecule has 3 atom stereocenters. The van der Waals surface area contributed by atoms with Gasteiger partial charge in [0.25, 0.3) is 0 Å². The van der Waals surface area contributed by atoms with Crippen LogP contribution in [-0.2, 0) is 19.2 Å². The van der Waals surface area contributed by atoms with E-state index in [0.717, 1.165) is 6.42 Å². The molecule has 0 aliphatic rings. The lowest BCUT2D eigenvalue weighted by atomic mass is 10.1. The van der Waals surface area contributed by atoms with Crippen molar-refractivity contribution < 1.29 is 24.3 Å². The molecule has 0 aromatic heterocycles. The summed E-state index contributed by atoms with van der Waals surface area (Å²) in [6, 6.07) is -3.26. The smallest absolute Gasteiger partial charge is 0.326 e. The molecular formula is C16H32N6O5. The Morgan fingerprint density at radius 2 is 1.33 bits per heavy atom. The average molecular weight is 388 g/mol. The summed E-state index contributed by atoms with van der Waals surface area (Å²) in [6.45, 7) is 0.912. The fourth-order valence-corrected chi connectivity index (χ4v) is 2.35. The molecule has 0 rings (SSSR count). The van der Waals surface area contributed by atoms with E-state index in [9.17, 15) is 19.2 Å². The van der Waals surface area contributed by atoms with Crippen molar-refractivity contribution in [3.8, 4) is 0 Å². The van der Waals surface area contributed by atoms with E-state index in [2.05, 4.69) is 10.6 Å². The lowest BCUT2D eigenvalue weighted by molar-refractivity contribution is -0.143. The van der Waals surface area contributed by atoms with Crippen LogP contribution in [0.4, 0.5) is 0 Å². The summed E-state index contributed by atoms with van der Waals surface area (Å²) in [5.74, 6) is -3.49. The van der Waals surface area contributed by atoms with Gasteiger partial charge >= 0.3 is 5.97 Å². The van der Waals surface area contributed by atoms with Crippen LogP contribution >= 0.6 is 0 Å². The van der Waals surface area contributed by atoms with Gasteiger partial charge < -0.3 is 38.7 Å². The molecule has 0 unspecified atom stereocenters. The van der Waals surface area contributed by atoms with Gasteiger partial charge in [0.15, 0.2) is 0 Å². The number of primary amides is 1. The van der Waals surface area contributed by atoms with Crippen LogP contribution in [0.15, 0.2) is 0 Å². The minimum Gasteiger partial charge on any atom is -0.480 e. The van der Waals surface area contributed by atoms with Crippen molar-refractivity contribution in [2.75, 3.05) is 13.1 Å². The molecule has 0 aliphatic heterocycles. The third kappa shape index (κ3) is 11.2. The number of aliphatic carboxylic acids is 1. The first kappa shape index (κ1) is 24.8. The van der Waals surface area contributed by atoms with Crippen molar-refractivity contribution in [2.24, 2.45) is 22.9 Å². The number of nitrogens with two attached hydrogens (primary N) is 4. The van der Waals surface area contributed by atoms with Gasteiger partial charge in [-0.25, -0.2) is 4.79 Å². The van der Waals surface area contributed by atoms with E-state index >= 15 is 0 Å². The highest BCUT2D eigenvalue weighted by molar-refractivity contribution is 5.93. The fourth-order valence-electron chi connectivity index (χ4n) is 2.35. The van der Waals surface area contributed by atoms with Gasteiger partial charge in [-0.2, -0.15) is 0 Å². The molecule has 0 bridgehead atoms. The van der Waals surface area contributed by atoms with Gasteiger partial charge in [0, 0.05) is 0 Å². The number of carboxylic acid groups (broad SMARTS) is 1. The maximum Gasteiger partial charge on any atom is 0.326 e. The van der Waals surface area contributed by atoms with Crippen LogP contribution in [0.5, 0.6) is 0 Å². The summed E-state index contributed by atoms with van der Waals surface area (Å²) >= 11 is 0. The second-order valence-electron chi connectivity index (χ2n) is 6.31. The Morgan fingerprint density at radius 3 is 1.81 bits per heavy atom. The normalized spacial score (nSPS) is 14.0. The van der Waals surface area contributed by atoms with E-state index in [1.807, 2.05) is 0 Å². The van der Waals surface area contributed by atoms with E-state index in [1.54, 1.807) is 0 Å². The molecule has 0 saturated heterocycles. The van der Waals surface area contributed by atoms with Crippen LogP contribution < -0.4 is 33.6 Å². The van der Waals surface area contributed by atoms with Crippen molar-refractivity contribution in [3.63, 3.8) is 0 Å². The second kappa shape index (κ2) is 13.9. The van der Waals surface area contributed by atoms with Crippen molar-refractivity contribution in [3.05, 3.63) is 0 Å². The molecule has 0 heterocycles. The fraction of sp³-hybridized carbons (Fsp3) is 0.750. The predicted molar refractivity (Wildman–Crippen MR) is 99.1 cm³/mol. The zero-order valence-electron chi connectivity index (χ0n) is 15.5. The number of carbonyl (C=O) groups is 4. The number of hydrogen-bond donors (Lipinski definition) is 7. The average Bonchev–Trinajstić information content (AvgIpc) is 2.59. The number of hydrogen-bond acceptors (Lipinski definition) is 7. The van der Waals surface area contributed by atoms with Gasteiger partial charge in [-0.3, -0.25) is 14.4 Å². The van der Waals surface area contributed by atoms with E-state index < -0.39 is 48.2 Å². The molecule has 0 aromatic rings. The molecule has 0 saturated carbocycles. The van der Waals surface area contributed by atoms with Gasteiger partial charge in [-0.15, -0.1) is 0 Å². The number of carbonyl (C=O) groups excluding carboxylic acids is 3. The Kier molecular flexibility index (Phi) is 12.7. The summed E-state index contributed by atoms with van der Waals surface area (Å²) in [4.78, 5) is 46.8. The first-order valence-corrected chi connectivity index (χ1v) is 9.00. The van der Waals surface area contributed by atoms with Crippen molar-refractivity contribution in [1.82, 2.24) is 10.6 Å². The quantitative estimate of drug-likeness (QED) is 0.148. The molecule has 156 valence electrons. The van der Waals surface area contributed by atoms with Gasteiger partial charge in [0.1, 0.15) is 12.1 Å². The van der Waals surface area contributed by atoms with Crippen molar-refractivity contribution in [1.29, 1.82) is 0 Å². The minimum atomic E-state index is -1.47. The molecule has 0 aromatic carbocycles. The molecular weight excluding hydrogens is 356 g/mol. The summed E-state index contributed by atoms with van der Waals surface area (Å²) in [5, 5.41) is 13.9. The van der Waals surface area contributed by atoms with Crippen LogP contribution in [0.25, 0.3) is 0 Å². The highest BCUT2D eigenvalue weighted by Gasteiger charge is 2.28. The van der Waals surface area contributed by atoms with E-state index in [1.165, 1.54) is 0 Å². The molecule has 11 N–H and O–H groups in total. The molecule has 3 amide bonds. The third-order valence-corrected chi connectivity index (χ3v) is 3.91. The molecule has 0 aliphatic carbocycles. The van der Waals surface area contributed by atoms with Gasteiger partial charge in [-0.1, -0.05) is 6.42 Å². The topological polar surface area (TPSA) is 217 Å². The van der Waals surface area contributed by atoms with Crippen LogP contribution in [0, 0.1) is 0 Å². The summed E-state index contributed by atoms with van der Waals surface area (Å²) in [6.07, 6.45) is 2.70. The van der Waals surface area contributed by atoms with Crippen molar-refractivity contribution >= 4 is 23.7 Å². The Labute approximate surface area is 158 Å². The Morgan fingerprint density at radius 1 is 0.815 bits per heavy atom. The maximum atomic E-state index is 12.4. The van der Waals surface area contributed by atoms with E-state index in [0.29, 0.717) is 38.8 Å². The molecule has 0 radical (unpaired) electrons. The number of rotatable bonds is 15. The number of amides is 3. The lowest BCUT2D eigenvalue weighted by Gasteiger charge is -2.22. The van der Waals surface area contributed by atoms with E-state index in [-0.39, 0.29) is 6.42 Å². The highest BCUT2D eigenvalue weighted by Crippen LogP contribution is 2.05. The van der Waals surface area contributed by atoms with Gasteiger partial charge in [0.05, 0.1) is 12.5 Å². The second-order valence-corrected chi connectivity index (χ2v) is 6.31. The van der Waals surface area contributed by atoms with Crippen LogP contribution in [0.2, 0.25) is 0 Å². The molecule has 0 fully saturated rings. The number of carboxylic acids is 1. The largest absolute Gasteiger partial charge is 0.480 e. The zero-order valence-corrected chi connectivity index (χ0v) is 15.5. The standard InChI is InChI=1S/C16H32N6O5/c17-7-3-1-5-10(19)14(24)21-11(6-2-4-8-18)15(25)22-12(16(26)27)9-13(20)23/h10-12H,1-9,17-19H2,(H2,20,23)(H,21,24)(H,22,25)(H,26,27)/t10-,11-,12-/m0/s1. The Bertz CT molecular complexity index is 502.